The molecule has 0 atom stereocenters. The Morgan fingerprint density at radius 2 is 1.76 bits per heavy atom. The maximum atomic E-state index is 12.5. The highest BCUT2D eigenvalue weighted by Gasteiger charge is 2.13. The summed E-state index contributed by atoms with van der Waals surface area (Å²) in [6, 6.07) is 14.5. The molecule has 0 fully saturated rings. The Bertz CT molecular complexity index is 588. The van der Waals surface area contributed by atoms with Gasteiger partial charge < -0.3 is 9.47 Å². The highest BCUT2D eigenvalue weighted by molar-refractivity contribution is 6.10. The van der Waals surface area contributed by atoms with Crippen molar-refractivity contribution in [3.05, 3.63) is 59.7 Å². The molecule has 0 radical (unpaired) electrons. The minimum absolute atomic E-state index is 0.0486. The summed E-state index contributed by atoms with van der Waals surface area (Å²) in [4.78, 5) is 12.5. The van der Waals surface area contributed by atoms with Crippen molar-refractivity contribution in [3.63, 3.8) is 0 Å². The van der Waals surface area contributed by atoms with Crippen LogP contribution >= 0.6 is 0 Å². The van der Waals surface area contributed by atoms with Crippen LogP contribution in [0, 0.1) is 0 Å². The molecule has 2 rings (SSSR count). The van der Waals surface area contributed by atoms with Gasteiger partial charge in [0.1, 0.15) is 11.5 Å². The lowest BCUT2D eigenvalue weighted by Crippen LogP contribution is -2.04. The molecule has 0 bridgehead atoms. The van der Waals surface area contributed by atoms with Gasteiger partial charge in [-0.1, -0.05) is 25.5 Å². The molecule has 2 aromatic carbocycles. The normalized spacial score (nSPS) is 10.2. The fourth-order valence-electron chi connectivity index (χ4n) is 2.02. The van der Waals surface area contributed by atoms with Crippen molar-refractivity contribution in [2.75, 3.05) is 13.7 Å². The van der Waals surface area contributed by atoms with Gasteiger partial charge in [0.25, 0.3) is 0 Å². The summed E-state index contributed by atoms with van der Waals surface area (Å²) in [7, 11) is 1.57. The Balaban J connectivity index is 2.12. The highest BCUT2D eigenvalue weighted by atomic mass is 16.5. The van der Waals surface area contributed by atoms with Crippen molar-refractivity contribution in [2.45, 2.75) is 19.8 Å². The fourth-order valence-corrected chi connectivity index (χ4v) is 2.02. The van der Waals surface area contributed by atoms with Gasteiger partial charge in [0.2, 0.25) is 0 Å². The molecule has 3 nitrogen and oxygen atoms in total. The molecule has 0 N–H and O–H groups in total. The van der Waals surface area contributed by atoms with Crippen molar-refractivity contribution in [1.82, 2.24) is 0 Å². The second kappa shape index (κ2) is 7.48. The summed E-state index contributed by atoms with van der Waals surface area (Å²) in [5, 5.41) is 0. The number of ether oxygens (including phenoxy) is 2. The lowest BCUT2D eigenvalue weighted by Gasteiger charge is -2.08. The molecule has 0 unspecified atom stereocenters. The van der Waals surface area contributed by atoms with E-state index in [1.165, 1.54) is 0 Å². The van der Waals surface area contributed by atoms with Gasteiger partial charge in [-0.05, 0) is 42.8 Å². The van der Waals surface area contributed by atoms with Crippen LogP contribution in [0.1, 0.15) is 35.7 Å². The third-order valence-corrected chi connectivity index (χ3v) is 3.23. The molecule has 0 aliphatic heterocycles. The molecule has 110 valence electrons. The molecular formula is C18H20O3. The molecule has 0 amide bonds. The van der Waals surface area contributed by atoms with Crippen LogP contribution in [0.5, 0.6) is 11.5 Å². The smallest absolute Gasteiger partial charge is 0.196 e. The summed E-state index contributed by atoms with van der Waals surface area (Å²) >= 11 is 0. The number of para-hydroxylation sites is 1. The molecule has 0 heterocycles. The van der Waals surface area contributed by atoms with Gasteiger partial charge in [-0.25, -0.2) is 0 Å². The van der Waals surface area contributed by atoms with E-state index in [2.05, 4.69) is 6.92 Å². The van der Waals surface area contributed by atoms with Crippen LogP contribution in [0.25, 0.3) is 0 Å². The standard InChI is InChI=1S/C18H20O3/c1-3-4-13-21-15-11-9-14(10-12-15)18(19)16-7-5-6-8-17(16)20-2/h5-12H,3-4,13H2,1-2H3. The Morgan fingerprint density at radius 1 is 1.05 bits per heavy atom. The Hall–Kier alpha value is -2.29. The number of hydrogen-bond acceptors (Lipinski definition) is 3. The van der Waals surface area contributed by atoms with Gasteiger partial charge in [-0.15, -0.1) is 0 Å². The summed E-state index contributed by atoms with van der Waals surface area (Å²) in [5.41, 5.74) is 1.20. The van der Waals surface area contributed by atoms with Crippen molar-refractivity contribution >= 4 is 5.78 Å². The van der Waals surface area contributed by atoms with Crippen molar-refractivity contribution in [2.24, 2.45) is 0 Å². The van der Waals surface area contributed by atoms with E-state index in [9.17, 15) is 4.79 Å². The number of unbranched alkanes of at least 4 members (excludes halogenated alkanes) is 1. The van der Waals surface area contributed by atoms with E-state index in [0.29, 0.717) is 23.5 Å². The second-order valence-electron chi connectivity index (χ2n) is 4.76. The van der Waals surface area contributed by atoms with E-state index in [1.54, 1.807) is 31.4 Å². The van der Waals surface area contributed by atoms with Crippen molar-refractivity contribution in [1.29, 1.82) is 0 Å². The number of carbonyl (C=O) groups is 1. The Labute approximate surface area is 125 Å². The van der Waals surface area contributed by atoms with Crippen LogP contribution in [0.15, 0.2) is 48.5 Å². The number of carbonyl (C=O) groups excluding carboxylic acids is 1. The zero-order valence-electron chi connectivity index (χ0n) is 12.5. The predicted octanol–water partition coefficient (Wildman–Crippen LogP) is 4.11. The summed E-state index contributed by atoms with van der Waals surface area (Å²) in [6.45, 7) is 2.83. The zero-order valence-corrected chi connectivity index (χ0v) is 12.5. The Kier molecular flexibility index (Phi) is 5.38. The van der Waals surface area contributed by atoms with Crippen molar-refractivity contribution < 1.29 is 14.3 Å². The van der Waals surface area contributed by atoms with Gasteiger partial charge in [0.05, 0.1) is 19.3 Å². The molecule has 2 aromatic rings. The maximum Gasteiger partial charge on any atom is 0.196 e. The highest BCUT2D eigenvalue weighted by Crippen LogP contribution is 2.22. The van der Waals surface area contributed by atoms with E-state index in [0.717, 1.165) is 18.6 Å². The van der Waals surface area contributed by atoms with Gasteiger partial charge in [-0.3, -0.25) is 4.79 Å². The predicted molar refractivity (Wildman–Crippen MR) is 83.3 cm³/mol. The van der Waals surface area contributed by atoms with Crippen LogP contribution in [0.2, 0.25) is 0 Å². The van der Waals surface area contributed by atoms with Crippen LogP contribution in [-0.4, -0.2) is 19.5 Å². The van der Waals surface area contributed by atoms with E-state index in [4.69, 9.17) is 9.47 Å². The van der Waals surface area contributed by atoms with E-state index >= 15 is 0 Å². The fraction of sp³-hybridized carbons (Fsp3) is 0.278. The number of methoxy groups -OCH3 is 1. The molecule has 0 saturated carbocycles. The minimum atomic E-state index is -0.0486. The molecule has 0 aromatic heterocycles. The lowest BCUT2D eigenvalue weighted by atomic mass is 10.0. The molecular weight excluding hydrogens is 264 g/mol. The first-order valence-corrected chi connectivity index (χ1v) is 7.17. The average Bonchev–Trinajstić information content (AvgIpc) is 2.55. The van der Waals surface area contributed by atoms with Crippen LogP contribution in [0.3, 0.4) is 0 Å². The number of ketones is 1. The summed E-state index contributed by atoms with van der Waals surface area (Å²) in [5.74, 6) is 1.33. The quantitative estimate of drug-likeness (QED) is 0.567. The van der Waals surface area contributed by atoms with E-state index in [1.807, 2.05) is 24.3 Å². The van der Waals surface area contributed by atoms with Crippen LogP contribution in [0.4, 0.5) is 0 Å². The van der Waals surface area contributed by atoms with Crippen molar-refractivity contribution in [3.8, 4) is 11.5 Å². The first-order chi connectivity index (χ1) is 10.3. The topological polar surface area (TPSA) is 35.5 Å². The molecule has 21 heavy (non-hydrogen) atoms. The molecule has 0 spiro atoms. The monoisotopic (exact) mass is 284 g/mol. The summed E-state index contributed by atoms with van der Waals surface area (Å²) < 4.78 is 10.8. The second-order valence-corrected chi connectivity index (χ2v) is 4.76. The lowest BCUT2D eigenvalue weighted by molar-refractivity contribution is 0.103. The van der Waals surface area contributed by atoms with E-state index in [-0.39, 0.29) is 5.78 Å². The molecule has 0 saturated heterocycles. The van der Waals surface area contributed by atoms with Gasteiger partial charge in [0, 0.05) is 5.56 Å². The third-order valence-electron chi connectivity index (χ3n) is 3.23. The SMILES string of the molecule is CCCCOc1ccc(C(=O)c2ccccc2OC)cc1. The maximum absolute atomic E-state index is 12.5. The number of rotatable bonds is 7. The average molecular weight is 284 g/mol. The van der Waals surface area contributed by atoms with Crippen LogP contribution in [-0.2, 0) is 0 Å². The first kappa shape index (κ1) is 15.1. The summed E-state index contributed by atoms with van der Waals surface area (Å²) in [6.07, 6.45) is 2.13. The largest absolute Gasteiger partial charge is 0.496 e. The first-order valence-electron chi connectivity index (χ1n) is 7.17. The molecule has 3 heteroatoms. The third kappa shape index (κ3) is 3.85. The number of hydrogen-bond donors (Lipinski definition) is 0. The van der Waals surface area contributed by atoms with Gasteiger partial charge >= 0.3 is 0 Å². The van der Waals surface area contributed by atoms with Gasteiger partial charge in [-0.2, -0.15) is 0 Å². The van der Waals surface area contributed by atoms with Gasteiger partial charge in [0.15, 0.2) is 5.78 Å². The Morgan fingerprint density at radius 3 is 2.43 bits per heavy atom. The molecule has 0 aliphatic carbocycles. The van der Waals surface area contributed by atoms with E-state index < -0.39 is 0 Å². The minimum Gasteiger partial charge on any atom is -0.496 e. The zero-order chi connectivity index (χ0) is 15.1. The van der Waals surface area contributed by atoms with Crippen LogP contribution < -0.4 is 9.47 Å². The number of benzene rings is 2. The molecule has 0 aliphatic rings.